The molecule has 9 heteroatoms. The summed E-state index contributed by atoms with van der Waals surface area (Å²) in [5.41, 5.74) is 2.88. The number of phenols is 1. The molecule has 0 saturated carbocycles. The average Bonchev–Trinajstić information content (AvgIpc) is 2.75. The summed E-state index contributed by atoms with van der Waals surface area (Å²) in [4.78, 5) is 12.5. The van der Waals surface area contributed by atoms with E-state index in [2.05, 4.69) is 10.5 Å². The van der Waals surface area contributed by atoms with Crippen LogP contribution in [0.5, 0.6) is 11.5 Å². The molecule has 2 N–H and O–H groups in total. The molecule has 0 aromatic heterocycles. The van der Waals surface area contributed by atoms with E-state index in [9.17, 15) is 18.3 Å². The summed E-state index contributed by atoms with van der Waals surface area (Å²) < 4.78 is 32.1. The molecule has 2 aromatic rings. The number of hydrogen-bond acceptors (Lipinski definition) is 6. The lowest BCUT2D eigenvalue weighted by atomic mass is 10.2. The minimum Gasteiger partial charge on any atom is -0.507 e. The lowest BCUT2D eigenvalue weighted by Crippen LogP contribution is -2.35. The van der Waals surface area contributed by atoms with Crippen LogP contribution in [0.1, 0.15) is 35.2 Å². The third-order valence-corrected chi connectivity index (χ3v) is 6.55. The number of rotatable bonds is 6. The maximum absolute atomic E-state index is 12.8. The Morgan fingerprint density at radius 1 is 1.17 bits per heavy atom. The highest BCUT2D eigenvalue weighted by atomic mass is 32.2. The maximum Gasteiger partial charge on any atom is 0.271 e. The van der Waals surface area contributed by atoms with Crippen molar-refractivity contribution in [1.29, 1.82) is 0 Å². The third kappa shape index (κ3) is 4.93. The van der Waals surface area contributed by atoms with Gasteiger partial charge in [0.25, 0.3) is 5.91 Å². The number of amides is 1. The average molecular weight is 417 g/mol. The van der Waals surface area contributed by atoms with Gasteiger partial charge in [0.1, 0.15) is 11.5 Å². The predicted octanol–water partition coefficient (Wildman–Crippen LogP) is 2.34. The Balaban J connectivity index is 1.73. The minimum atomic E-state index is -3.63. The molecule has 0 atom stereocenters. The SMILES string of the molecule is COc1ccc(O)c(C=NNC(=O)c2cccc(S(=O)(=O)N3CCCCC3)c2)c1. The Bertz CT molecular complexity index is 1010. The topological polar surface area (TPSA) is 108 Å². The van der Waals surface area contributed by atoms with Crippen molar-refractivity contribution in [3.05, 3.63) is 53.6 Å². The molecule has 3 rings (SSSR count). The van der Waals surface area contributed by atoms with Crippen LogP contribution in [0, 0.1) is 0 Å². The van der Waals surface area contributed by atoms with E-state index in [-0.39, 0.29) is 16.2 Å². The van der Waals surface area contributed by atoms with Crippen LogP contribution in [-0.4, -0.2) is 50.2 Å². The van der Waals surface area contributed by atoms with Crippen LogP contribution >= 0.6 is 0 Å². The number of methoxy groups -OCH3 is 1. The van der Waals surface area contributed by atoms with Gasteiger partial charge < -0.3 is 9.84 Å². The standard InChI is InChI=1S/C20H23N3O5S/c1-28-17-8-9-19(24)16(12-17)14-21-22-20(25)15-6-5-7-18(13-15)29(26,27)23-10-3-2-4-11-23/h5-9,12-14,24H,2-4,10-11H2,1H3,(H,22,25). The fourth-order valence-corrected chi connectivity index (χ4v) is 4.60. The number of carbonyl (C=O) groups is 1. The highest BCUT2D eigenvalue weighted by Gasteiger charge is 2.26. The van der Waals surface area contributed by atoms with Crippen LogP contribution in [-0.2, 0) is 10.0 Å². The summed E-state index contributed by atoms with van der Waals surface area (Å²) in [6.45, 7) is 0.986. The van der Waals surface area contributed by atoms with E-state index < -0.39 is 15.9 Å². The molecule has 8 nitrogen and oxygen atoms in total. The first-order valence-corrected chi connectivity index (χ1v) is 10.7. The van der Waals surface area contributed by atoms with E-state index in [1.165, 1.54) is 48.0 Å². The van der Waals surface area contributed by atoms with Gasteiger partial charge in [-0.15, -0.1) is 0 Å². The van der Waals surface area contributed by atoms with E-state index in [1.807, 2.05) is 0 Å². The fourth-order valence-electron chi connectivity index (χ4n) is 3.04. The molecule has 154 valence electrons. The van der Waals surface area contributed by atoms with Gasteiger partial charge in [0.05, 0.1) is 18.2 Å². The fraction of sp³-hybridized carbons (Fsp3) is 0.300. The van der Waals surface area contributed by atoms with Crippen LogP contribution in [0.25, 0.3) is 0 Å². The summed E-state index contributed by atoms with van der Waals surface area (Å²) in [5.74, 6) is -0.0380. The number of ether oxygens (including phenoxy) is 1. The van der Waals surface area contributed by atoms with Gasteiger partial charge >= 0.3 is 0 Å². The molecule has 0 spiro atoms. The van der Waals surface area contributed by atoms with Crippen molar-refractivity contribution in [1.82, 2.24) is 9.73 Å². The van der Waals surface area contributed by atoms with Gasteiger partial charge in [0.2, 0.25) is 10.0 Å². The van der Waals surface area contributed by atoms with Gasteiger partial charge in [0.15, 0.2) is 0 Å². The maximum atomic E-state index is 12.8. The normalized spacial score (nSPS) is 15.3. The van der Waals surface area contributed by atoms with E-state index in [1.54, 1.807) is 12.1 Å². The molecule has 1 aliphatic heterocycles. The summed E-state index contributed by atoms with van der Waals surface area (Å²) in [6, 6.07) is 10.5. The van der Waals surface area contributed by atoms with Gasteiger partial charge in [-0.25, -0.2) is 13.8 Å². The Hall–Kier alpha value is -2.91. The Labute approximate surface area is 169 Å². The Kier molecular flexibility index (Phi) is 6.50. The Morgan fingerprint density at radius 3 is 2.66 bits per heavy atom. The molecule has 29 heavy (non-hydrogen) atoms. The molecule has 1 aliphatic rings. The summed E-state index contributed by atoms with van der Waals surface area (Å²) in [6.07, 6.45) is 3.98. The molecule has 1 amide bonds. The second-order valence-corrected chi connectivity index (χ2v) is 8.55. The van der Waals surface area contributed by atoms with Crippen molar-refractivity contribution in [3.63, 3.8) is 0 Å². The van der Waals surface area contributed by atoms with E-state index in [0.717, 1.165) is 19.3 Å². The van der Waals surface area contributed by atoms with Crippen LogP contribution in [0.15, 0.2) is 52.5 Å². The number of nitrogens with zero attached hydrogens (tertiary/aromatic N) is 2. The van der Waals surface area contributed by atoms with Crippen molar-refractivity contribution < 1.29 is 23.1 Å². The van der Waals surface area contributed by atoms with Crippen LogP contribution in [0.3, 0.4) is 0 Å². The third-order valence-electron chi connectivity index (χ3n) is 4.65. The molecule has 2 aromatic carbocycles. The number of aromatic hydroxyl groups is 1. The molecular weight excluding hydrogens is 394 g/mol. The molecule has 0 radical (unpaired) electrons. The second kappa shape index (κ2) is 9.06. The number of benzene rings is 2. The van der Waals surface area contributed by atoms with Gasteiger partial charge in [-0.1, -0.05) is 12.5 Å². The smallest absolute Gasteiger partial charge is 0.271 e. The summed E-state index contributed by atoms with van der Waals surface area (Å²) in [5, 5.41) is 13.7. The molecule has 0 unspecified atom stereocenters. The molecule has 1 saturated heterocycles. The van der Waals surface area contributed by atoms with E-state index in [4.69, 9.17) is 4.74 Å². The first-order chi connectivity index (χ1) is 13.9. The van der Waals surface area contributed by atoms with Crippen molar-refractivity contribution in [2.45, 2.75) is 24.2 Å². The van der Waals surface area contributed by atoms with Gasteiger partial charge in [-0.05, 0) is 49.2 Å². The van der Waals surface area contributed by atoms with Crippen LogP contribution in [0.2, 0.25) is 0 Å². The van der Waals surface area contributed by atoms with Gasteiger partial charge in [0, 0.05) is 24.2 Å². The first kappa shape index (κ1) is 20.8. The number of carbonyl (C=O) groups excluding carboxylic acids is 1. The Morgan fingerprint density at radius 2 is 1.93 bits per heavy atom. The van der Waals surface area contributed by atoms with Crippen LogP contribution < -0.4 is 10.2 Å². The van der Waals surface area contributed by atoms with Crippen molar-refractivity contribution in [2.24, 2.45) is 5.10 Å². The van der Waals surface area contributed by atoms with Gasteiger partial charge in [-0.3, -0.25) is 4.79 Å². The lowest BCUT2D eigenvalue weighted by molar-refractivity contribution is 0.0955. The first-order valence-electron chi connectivity index (χ1n) is 9.22. The number of hydrogen-bond donors (Lipinski definition) is 2. The quantitative estimate of drug-likeness (QED) is 0.554. The molecule has 1 heterocycles. The van der Waals surface area contributed by atoms with Crippen LogP contribution in [0.4, 0.5) is 0 Å². The number of sulfonamides is 1. The second-order valence-electron chi connectivity index (χ2n) is 6.62. The van der Waals surface area contributed by atoms with Crippen molar-refractivity contribution in [3.8, 4) is 11.5 Å². The summed E-state index contributed by atoms with van der Waals surface area (Å²) in [7, 11) is -2.13. The predicted molar refractivity (Wildman–Crippen MR) is 109 cm³/mol. The highest BCUT2D eigenvalue weighted by Crippen LogP contribution is 2.22. The lowest BCUT2D eigenvalue weighted by Gasteiger charge is -2.25. The molecular formula is C20H23N3O5S. The van der Waals surface area contributed by atoms with Gasteiger partial charge in [-0.2, -0.15) is 9.41 Å². The largest absolute Gasteiger partial charge is 0.507 e. The number of nitrogens with one attached hydrogen (secondary N) is 1. The van der Waals surface area contributed by atoms with Crippen molar-refractivity contribution >= 4 is 22.1 Å². The molecule has 0 aliphatic carbocycles. The van der Waals surface area contributed by atoms with E-state index >= 15 is 0 Å². The monoisotopic (exact) mass is 417 g/mol. The number of piperidine rings is 1. The molecule has 1 fully saturated rings. The van der Waals surface area contributed by atoms with Crippen molar-refractivity contribution in [2.75, 3.05) is 20.2 Å². The minimum absolute atomic E-state index is 0.0154. The van der Waals surface area contributed by atoms with E-state index in [0.29, 0.717) is 24.4 Å². The zero-order chi connectivity index (χ0) is 20.9. The zero-order valence-electron chi connectivity index (χ0n) is 16.0. The zero-order valence-corrected chi connectivity index (χ0v) is 16.9. The number of phenolic OH excluding ortho intramolecular Hbond substituents is 1. The summed E-state index contributed by atoms with van der Waals surface area (Å²) >= 11 is 0. The molecule has 0 bridgehead atoms. The highest BCUT2D eigenvalue weighted by molar-refractivity contribution is 7.89. The number of hydrazone groups is 1.